The van der Waals surface area contributed by atoms with E-state index >= 15 is 0 Å². The second-order valence-corrected chi connectivity index (χ2v) is 6.95. The Morgan fingerprint density at radius 2 is 2.33 bits per heavy atom. The lowest BCUT2D eigenvalue weighted by atomic mass is 10.3. The average Bonchev–Trinajstić information content (AvgIpc) is 3.14. The van der Waals surface area contributed by atoms with E-state index in [1.54, 1.807) is 11.3 Å². The summed E-state index contributed by atoms with van der Waals surface area (Å²) in [4.78, 5) is 11.2. The molecule has 0 spiro atoms. The number of nitrogens with zero attached hydrogens (tertiary/aromatic N) is 3. The standard InChI is InChI=1S/C13H14BrN3S/c1-17(7-9-6-11(14)18-8-9)12-4-5-15-13(16-12)10-2-3-10/h4-6,8,10H,2-3,7H2,1H3. The van der Waals surface area contributed by atoms with Gasteiger partial charge in [0.25, 0.3) is 0 Å². The van der Waals surface area contributed by atoms with E-state index in [-0.39, 0.29) is 0 Å². The zero-order valence-corrected chi connectivity index (χ0v) is 12.5. The van der Waals surface area contributed by atoms with E-state index in [1.165, 1.54) is 22.2 Å². The molecule has 0 atom stereocenters. The first-order chi connectivity index (χ1) is 8.72. The largest absolute Gasteiger partial charge is 0.355 e. The fraction of sp³-hybridized carbons (Fsp3) is 0.385. The molecule has 2 aromatic rings. The highest BCUT2D eigenvalue weighted by Gasteiger charge is 2.26. The number of hydrogen-bond acceptors (Lipinski definition) is 4. The lowest BCUT2D eigenvalue weighted by molar-refractivity contribution is 0.855. The highest BCUT2D eigenvalue weighted by atomic mass is 79.9. The van der Waals surface area contributed by atoms with Gasteiger partial charge in [0.05, 0.1) is 3.79 Å². The van der Waals surface area contributed by atoms with Gasteiger partial charge in [-0.2, -0.15) is 0 Å². The Kier molecular flexibility index (Phi) is 3.35. The van der Waals surface area contributed by atoms with Gasteiger partial charge in [-0.1, -0.05) is 0 Å². The molecular weight excluding hydrogens is 310 g/mol. The van der Waals surface area contributed by atoms with Crippen LogP contribution in [-0.4, -0.2) is 17.0 Å². The van der Waals surface area contributed by atoms with Crippen LogP contribution in [0.4, 0.5) is 5.82 Å². The average molecular weight is 324 g/mol. The molecule has 1 aliphatic rings. The molecule has 18 heavy (non-hydrogen) atoms. The van der Waals surface area contributed by atoms with Crippen LogP contribution in [0.2, 0.25) is 0 Å². The Bertz CT molecular complexity index is 551. The van der Waals surface area contributed by atoms with Crippen molar-refractivity contribution in [3.8, 4) is 0 Å². The first-order valence-corrected chi connectivity index (χ1v) is 7.66. The third kappa shape index (κ3) is 2.72. The van der Waals surface area contributed by atoms with Crippen LogP contribution in [0.15, 0.2) is 27.5 Å². The van der Waals surface area contributed by atoms with Gasteiger partial charge in [0, 0.05) is 25.7 Å². The molecule has 5 heteroatoms. The van der Waals surface area contributed by atoms with Crippen molar-refractivity contribution in [3.05, 3.63) is 38.9 Å². The maximum Gasteiger partial charge on any atom is 0.133 e. The van der Waals surface area contributed by atoms with Crippen LogP contribution in [0.5, 0.6) is 0 Å². The fourth-order valence-electron chi connectivity index (χ4n) is 1.90. The zero-order valence-electron chi connectivity index (χ0n) is 10.1. The van der Waals surface area contributed by atoms with Crippen molar-refractivity contribution in [1.29, 1.82) is 0 Å². The first kappa shape index (κ1) is 12.1. The van der Waals surface area contributed by atoms with Crippen LogP contribution in [0.25, 0.3) is 0 Å². The summed E-state index contributed by atoms with van der Waals surface area (Å²) in [5.74, 6) is 2.62. The maximum atomic E-state index is 4.64. The Labute approximate surface area is 119 Å². The summed E-state index contributed by atoms with van der Waals surface area (Å²) >= 11 is 5.21. The van der Waals surface area contributed by atoms with Gasteiger partial charge in [0.2, 0.25) is 0 Å². The van der Waals surface area contributed by atoms with Gasteiger partial charge in [-0.3, -0.25) is 0 Å². The van der Waals surface area contributed by atoms with Crippen molar-refractivity contribution in [3.63, 3.8) is 0 Å². The minimum absolute atomic E-state index is 0.605. The van der Waals surface area contributed by atoms with Crippen LogP contribution < -0.4 is 4.90 Å². The van der Waals surface area contributed by atoms with E-state index in [9.17, 15) is 0 Å². The minimum atomic E-state index is 0.605. The third-order valence-electron chi connectivity index (χ3n) is 3.03. The lowest BCUT2D eigenvalue weighted by Gasteiger charge is -2.17. The number of thiophene rings is 1. The smallest absolute Gasteiger partial charge is 0.133 e. The number of anilines is 1. The van der Waals surface area contributed by atoms with Crippen molar-refractivity contribution in [1.82, 2.24) is 9.97 Å². The molecule has 0 unspecified atom stereocenters. The molecule has 0 saturated heterocycles. The summed E-state index contributed by atoms with van der Waals surface area (Å²) in [7, 11) is 2.07. The molecule has 0 bridgehead atoms. The highest BCUT2D eigenvalue weighted by Crippen LogP contribution is 2.38. The molecule has 3 rings (SSSR count). The normalized spacial score (nSPS) is 14.8. The number of rotatable bonds is 4. The van der Waals surface area contributed by atoms with Gasteiger partial charge in [0.1, 0.15) is 11.6 Å². The van der Waals surface area contributed by atoms with Crippen molar-refractivity contribution >= 4 is 33.1 Å². The van der Waals surface area contributed by atoms with E-state index in [4.69, 9.17) is 0 Å². The molecule has 2 aromatic heterocycles. The molecule has 0 aromatic carbocycles. The molecule has 0 amide bonds. The van der Waals surface area contributed by atoms with Crippen LogP contribution in [-0.2, 0) is 6.54 Å². The van der Waals surface area contributed by atoms with Crippen LogP contribution in [0.3, 0.4) is 0 Å². The Morgan fingerprint density at radius 3 is 3.00 bits per heavy atom. The zero-order chi connectivity index (χ0) is 12.5. The molecule has 0 aliphatic heterocycles. The summed E-state index contributed by atoms with van der Waals surface area (Å²) in [6, 6.07) is 4.14. The van der Waals surface area contributed by atoms with Crippen LogP contribution in [0, 0.1) is 0 Å². The van der Waals surface area contributed by atoms with Gasteiger partial charge in [-0.05, 0) is 51.8 Å². The second kappa shape index (κ2) is 4.97. The van der Waals surface area contributed by atoms with E-state index in [1.807, 2.05) is 12.3 Å². The van der Waals surface area contributed by atoms with Crippen molar-refractivity contribution < 1.29 is 0 Å². The maximum absolute atomic E-state index is 4.64. The van der Waals surface area contributed by atoms with Crippen molar-refractivity contribution in [2.45, 2.75) is 25.3 Å². The second-order valence-electron chi connectivity index (χ2n) is 4.66. The monoisotopic (exact) mass is 323 g/mol. The van der Waals surface area contributed by atoms with Gasteiger partial charge < -0.3 is 4.90 Å². The van der Waals surface area contributed by atoms with Gasteiger partial charge in [0.15, 0.2) is 0 Å². The SMILES string of the molecule is CN(Cc1csc(Br)c1)c1ccnc(C2CC2)n1. The predicted molar refractivity (Wildman–Crippen MR) is 78.1 cm³/mol. The summed E-state index contributed by atoms with van der Waals surface area (Å²) in [5, 5.41) is 2.17. The molecule has 1 fully saturated rings. The quantitative estimate of drug-likeness (QED) is 0.856. The molecule has 1 saturated carbocycles. The summed E-state index contributed by atoms with van der Waals surface area (Å²) in [6.45, 7) is 0.878. The molecule has 0 N–H and O–H groups in total. The Hall–Kier alpha value is -0.940. The molecule has 3 nitrogen and oxygen atoms in total. The fourth-order valence-corrected chi connectivity index (χ4v) is 3.10. The van der Waals surface area contributed by atoms with Crippen LogP contribution >= 0.6 is 27.3 Å². The molecule has 2 heterocycles. The number of aromatic nitrogens is 2. The van der Waals surface area contributed by atoms with Gasteiger partial charge >= 0.3 is 0 Å². The summed E-state index contributed by atoms with van der Waals surface area (Å²) in [5.41, 5.74) is 1.31. The minimum Gasteiger partial charge on any atom is -0.355 e. The third-order valence-corrected chi connectivity index (χ3v) is 4.59. The molecular formula is C13H14BrN3S. The first-order valence-electron chi connectivity index (χ1n) is 5.99. The van der Waals surface area contributed by atoms with Gasteiger partial charge in [-0.15, -0.1) is 11.3 Å². The summed E-state index contributed by atoms with van der Waals surface area (Å²) in [6.07, 6.45) is 4.35. The van der Waals surface area contributed by atoms with E-state index in [0.717, 1.165) is 18.2 Å². The number of hydrogen-bond donors (Lipinski definition) is 0. The highest BCUT2D eigenvalue weighted by molar-refractivity contribution is 9.11. The molecule has 0 radical (unpaired) electrons. The van der Waals surface area contributed by atoms with E-state index in [2.05, 4.69) is 49.3 Å². The van der Waals surface area contributed by atoms with E-state index < -0.39 is 0 Å². The van der Waals surface area contributed by atoms with E-state index in [0.29, 0.717) is 5.92 Å². The van der Waals surface area contributed by atoms with Crippen molar-refractivity contribution in [2.75, 3.05) is 11.9 Å². The molecule has 94 valence electrons. The Balaban J connectivity index is 1.74. The lowest BCUT2D eigenvalue weighted by Crippen LogP contribution is -2.18. The Morgan fingerprint density at radius 1 is 1.50 bits per heavy atom. The summed E-state index contributed by atoms with van der Waals surface area (Å²) < 4.78 is 1.17. The molecule has 1 aliphatic carbocycles. The van der Waals surface area contributed by atoms with Crippen molar-refractivity contribution in [2.24, 2.45) is 0 Å². The predicted octanol–water partition coefficient (Wildman–Crippen LogP) is 3.81. The van der Waals surface area contributed by atoms with Gasteiger partial charge in [-0.25, -0.2) is 9.97 Å². The number of halogens is 1. The topological polar surface area (TPSA) is 29.0 Å². The van der Waals surface area contributed by atoms with Crippen LogP contribution in [0.1, 0.15) is 30.1 Å².